The molecule has 1 fully saturated rings. The Hall–Kier alpha value is -1.65. The van der Waals surface area contributed by atoms with E-state index in [1.807, 2.05) is 6.92 Å². The number of hydrogen-bond donors (Lipinski definition) is 1. The third-order valence-corrected chi connectivity index (χ3v) is 4.00. The minimum absolute atomic E-state index is 0.0494. The third-order valence-electron chi connectivity index (χ3n) is 4.00. The average molecular weight is 263 g/mol. The Balaban J connectivity index is 2.03. The summed E-state index contributed by atoms with van der Waals surface area (Å²) in [7, 11) is 0. The molecule has 0 bridgehead atoms. The SMILES string of the molecule is Cc1cc([N+](=O)[O-])cnc1NC(C)C1CCCCC1. The number of nitrogens with zero attached hydrogens (tertiary/aromatic N) is 2. The van der Waals surface area contributed by atoms with Crippen LogP contribution in [0, 0.1) is 23.0 Å². The van der Waals surface area contributed by atoms with Crippen LogP contribution in [0.3, 0.4) is 0 Å². The van der Waals surface area contributed by atoms with E-state index in [0.717, 1.165) is 11.4 Å². The molecule has 1 aromatic rings. The van der Waals surface area contributed by atoms with Gasteiger partial charge in [-0.2, -0.15) is 0 Å². The van der Waals surface area contributed by atoms with Crippen LogP contribution >= 0.6 is 0 Å². The predicted molar refractivity (Wildman–Crippen MR) is 75.3 cm³/mol. The number of hydrogen-bond acceptors (Lipinski definition) is 4. The van der Waals surface area contributed by atoms with E-state index in [2.05, 4.69) is 17.2 Å². The van der Waals surface area contributed by atoms with E-state index in [4.69, 9.17) is 0 Å². The fourth-order valence-corrected chi connectivity index (χ4v) is 2.78. The van der Waals surface area contributed by atoms with Gasteiger partial charge in [0.2, 0.25) is 0 Å². The van der Waals surface area contributed by atoms with Gasteiger partial charge >= 0.3 is 0 Å². The number of aryl methyl sites for hydroxylation is 1. The summed E-state index contributed by atoms with van der Waals surface area (Å²) in [6, 6.07) is 1.94. The third kappa shape index (κ3) is 3.43. The van der Waals surface area contributed by atoms with Crippen molar-refractivity contribution >= 4 is 11.5 Å². The largest absolute Gasteiger partial charge is 0.367 e. The number of nitro groups is 1. The lowest BCUT2D eigenvalue weighted by Gasteiger charge is -2.29. The van der Waals surface area contributed by atoms with Gasteiger partial charge in [0, 0.05) is 12.1 Å². The number of nitrogens with one attached hydrogen (secondary N) is 1. The highest BCUT2D eigenvalue weighted by atomic mass is 16.6. The molecule has 0 amide bonds. The van der Waals surface area contributed by atoms with Crippen LogP contribution in [0.2, 0.25) is 0 Å². The maximum atomic E-state index is 10.7. The van der Waals surface area contributed by atoms with Crippen LogP contribution in [-0.4, -0.2) is 15.9 Å². The zero-order valence-electron chi connectivity index (χ0n) is 11.6. The Bertz CT molecular complexity index is 456. The van der Waals surface area contributed by atoms with E-state index < -0.39 is 4.92 Å². The van der Waals surface area contributed by atoms with Crippen molar-refractivity contribution in [1.29, 1.82) is 0 Å². The molecule has 0 aliphatic heterocycles. The van der Waals surface area contributed by atoms with E-state index in [0.29, 0.717) is 12.0 Å². The minimum atomic E-state index is -0.408. The molecular formula is C14H21N3O2. The van der Waals surface area contributed by atoms with Crippen molar-refractivity contribution in [3.8, 4) is 0 Å². The van der Waals surface area contributed by atoms with Gasteiger partial charge in [-0.25, -0.2) is 4.98 Å². The van der Waals surface area contributed by atoms with Gasteiger partial charge in [-0.05, 0) is 38.2 Å². The molecule has 2 rings (SSSR count). The molecule has 1 aliphatic carbocycles. The van der Waals surface area contributed by atoms with Crippen LogP contribution in [0.4, 0.5) is 11.5 Å². The minimum Gasteiger partial charge on any atom is -0.367 e. The summed E-state index contributed by atoms with van der Waals surface area (Å²) in [4.78, 5) is 14.5. The summed E-state index contributed by atoms with van der Waals surface area (Å²) in [5.74, 6) is 1.45. The van der Waals surface area contributed by atoms with Gasteiger partial charge in [0.25, 0.3) is 5.69 Å². The number of anilines is 1. The first kappa shape index (κ1) is 13.8. The molecule has 1 N–H and O–H groups in total. The lowest BCUT2D eigenvalue weighted by Crippen LogP contribution is -2.28. The molecule has 1 unspecified atom stereocenters. The Kier molecular flexibility index (Phi) is 4.35. The Morgan fingerprint density at radius 1 is 1.42 bits per heavy atom. The van der Waals surface area contributed by atoms with Crippen molar-refractivity contribution in [3.05, 3.63) is 27.9 Å². The summed E-state index contributed by atoms with van der Waals surface area (Å²) in [5, 5.41) is 14.1. The molecule has 104 valence electrons. The second-order valence-electron chi connectivity index (χ2n) is 5.45. The number of rotatable bonds is 4. The van der Waals surface area contributed by atoms with Crippen molar-refractivity contribution in [1.82, 2.24) is 4.98 Å². The molecule has 0 aromatic carbocycles. The molecule has 1 aliphatic rings. The van der Waals surface area contributed by atoms with Gasteiger partial charge in [0.05, 0.1) is 4.92 Å². The van der Waals surface area contributed by atoms with Crippen molar-refractivity contribution in [2.45, 2.75) is 52.0 Å². The summed E-state index contributed by atoms with van der Waals surface area (Å²) in [6.45, 7) is 4.04. The highest BCUT2D eigenvalue weighted by molar-refractivity contribution is 5.48. The Morgan fingerprint density at radius 2 is 2.11 bits per heavy atom. The molecule has 0 radical (unpaired) electrons. The van der Waals surface area contributed by atoms with E-state index in [1.54, 1.807) is 6.07 Å². The summed E-state index contributed by atoms with van der Waals surface area (Å²) >= 11 is 0. The fraction of sp³-hybridized carbons (Fsp3) is 0.643. The first-order chi connectivity index (χ1) is 9.08. The molecule has 19 heavy (non-hydrogen) atoms. The zero-order valence-corrected chi connectivity index (χ0v) is 11.6. The summed E-state index contributed by atoms with van der Waals surface area (Å²) < 4.78 is 0. The quantitative estimate of drug-likeness (QED) is 0.664. The molecule has 0 saturated heterocycles. The number of aromatic nitrogens is 1. The van der Waals surface area contributed by atoms with Gasteiger partial charge in [-0.3, -0.25) is 10.1 Å². The van der Waals surface area contributed by atoms with Crippen molar-refractivity contribution < 1.29 is 4.92 Å². The Morgan fingerprint density at radius 3 is 2.68 bits per heavy atom. The van der Waals surface area contributed by atoms with Crippen LogP contribution in [0.15, 0.2) is 12.3 Å². The second-order valence-corrected chi connectivity index (χ2v) is 5.45. The predicted octanol–water partition coefficient (Wildman–Crippen LogP) is 3.68. The molecule has 1 atom stereocenters. The highest BCUT2D eigenvalue weighted by Crippen LogP contribution is 2.28. The first-order valence-electron chi connectivity index (χ1n) is 6.95. The zero-order chi connectivity index (χ0) is 13.8. The van der Waals surface area contributed by atoms with E-state index in [-0.39, 0.29) is 5.69 Å². The molecule has 5 heteroatoms. The lowest BCUT2D eigenvalue weighted by atomic mass is 9.84. The van der Waals surface area contributed by atoms with Crippen LogP contribution < -0.4 is 5.32 Å². The molecule has 1 aromatic heterocycles. The fourth-order valence-electron chi connectivity index (χ4n) is 2.78. The highest BCUT2D eigenvalue weighted by Gasteiger charge is 2.21. The first-order valence-corrected chi connectivity index (χ1v) is 6.95. The molecule has 1 heterocycles. The van der Waals surface area contributed by atoms with Gasteiger partial charge in [0.1, 0.15) is 12.0 Å². The Labute approximate surface area is 113 Å². The van der Waals surface area contributed by atoms with Crippen molar-refractivity contribution in [2.75, 3.05) is 5.32 Å². The molecule has 1 saturated carbocycles. The van der Waals surface area contributed by atoms with E-state index >= 15 is 0 Å². The number of pyridine rings is 1. The molecule has 0 spiro atoms. The maximum Gasteiger partial charge on any atom is 0.287 e. The molecule has 5 nitrogen and oxygen atoms in total. The van der Waals surface area contributed by atoms with Gasteiger partial charge in [-0.1, -0.05) is 19.3 Å². The van der Waals surface area contributed by atoms with E-state index in [9.17, 15) is 10.1 Å². The summed E-state index contributed by atoms with van der Waals surface area (Å²) in [5.41, 5.74) is 0.880. The van der Waals surface area contributed by atoms with Crippen LogP contribution in [0.5, 0.6) is 0 Å². The normalized spacial score (nSPS) is 18.0. The van der Waals surface area contributed by atoms with E-state index in [1.165, 1.54) is 38.3 Å². The molecular weight excluding hydrogens is 242 g/mol. The van der Waals surface area contributed by atoms with Crippen LogP contribution in [-0.2, 0) is 0 Å². The standard InChI is InChI=1S/C14H21N3O2/c1-10-8-13(17(18)19)9-15-14(10)16-11(2)12-6-4-3-5-7-12/h8-9,11-12H,3-7H2,1-2H3,(H,15,16). The second kappa shape index (κ2) is 5.99. The maximum absolute atomic E-state index is 10.7. The lowest BCUT2D eigenvalue weighted by molar-refractivity contribution is -0.385. The topological polar surface area (TPSA) is 68.1 Å². The average Bonchev–Trinajstić information content (AvgIpc) is 2.41. The van der Waals surface area contributed by atoms with Crippen molar-refractivity contribution in [2.24, 2.45) is 5.92 Å². The summed E-state index contributed by atoms with van der Waals surface area (Å²) in [6.07, 6.45) is 7.81. The van der Waals surface area contributed by atoms with Gasteiger partial charge in [0.15, 0.2) is 0 Å². The monoisotopic (exact) mass is 263 g/mol. The van der Waals surface area contributed by atoms with Crippen LogP contribution in [0.1, 0.15) is 44.6 Å². The van der Waals surface area contributed by atoms with Crippen molar-refractivity contribution in [3.63, 3.8) is 0 Å². The van der Waals surface area contributed by atoms with Gasteiger partial charge < -0.3 is 5.32 Å². The smallest absolute Gasteiger partial charge is 0.287 e. The van der Waals surface area contributed by atoms with Gasteiger partial charge in [-0.15, -0.1) is 0 Å². The van der Waals surface area contributed by atoms with Crippen LogP contribution in [0.25, 0.3) is 0 Å².